The number of hydrogen-bond donors (Lipinski definition) is 0. The minimum Gasteiger partial charge on any atom is -0.493 e. The third-order valence-corrected chi connectivity index (χ3v) is 1.63. The van der Waals surface area contributed by atoms with Crippen molar-refractivity contribution in [3.63, 3.8) is 0 Å². The van der Waals surface area contributed by atoms with Crippen LogP contribution in [0.1, 0.15) is 12.5 Å². The van der Waals surface area contributed by atoms with Gasteiger partial charge < -0.3 is 4.74 Å². The van der Waals surface area contributed by atoms with Crippen molar-refractivity contribution in [2.45, 2.75) is 6.92 Å². The van der Waals surface area contributed by atoms with E-state index in [1.165, 1.54) is 0 Å². The predicted octanol–water partition coefficient (Wildman–Crippen LogP) is 3.25. The molecular weight excluding hydrogens is 160 g/mol. The molecular formula is C12H14O. The molecule has 0 atom stereocenters. The average Bonchev–Trinajstić information content (AvgIpc) is 2.19. The van der Waals surface area contributed by atoms with E-state index in [0.29, 0.717) is 6.61 Å². The normalized spacial score (nSPS) is 11.0. The minimum atomic E-state index is 0.675. The molecule has 1 aromatic carbocycles. The second kappa shape index (κ2) is 5.20. The maximum Gasteiger partial charge on any atom is 0.126 e. The van der Waals surface area contributed by atoms with E-state index in [4.69, 9.17) is 4.74 Å². The third-order valence-electron chi connectivity index (χ3n) is 1.63. The van der Waals surface area contributed by atoms with Gasteiger partial charge in [-0.25, -0.2) is 0 Å². The van der Waals surface area contributed by atoms with Gasteiger partial charge in [0.2, 0.25) is 0 Å². The Balaban J connectivity index is 2.89. The van der Waals surface area contributed by atoms with Gasteiger partial charge in [-0.3, -0.25) is 0 Å². The maximum atomic E-state index is 5.46. The standard InChI is InChI=1S/C12H14O/c1-3-8-12(13-4-2)11-9-6-5-7-10-11/h3,5-10H,1,4H2,2H3. The Morgan fingerprint density at radius 3 is 2.62 bits per heavy atom. The van der Waals surface area contributed by atoms with E-state index < -0.39 is 0 Å². The summed E-state index contributed by atoms with van der Waals surface area (Å²) in [6, 6.07) is 10.0. The van der Waals surface area contributed by atoms with Crippen LogP contribution in [-0.4, -0.2) is 6.61 Å². The Hall–Kier alpha value is -1.50. The number of ether oxygens (including phenoxy) is 1. The predicted molar refractivity (Wildman–Crippen MR) is 56.2 cm³/mol. The largest absolute Gasteiger partial charge is 0.493 e. The molecule has 0 heterocycles. The van der Waals surface area contributed by atoms with Crippen molar-refractivity contribution in [1.29, 1.82) is 0 Å². The molecule has 0 aliphatic rings. The van der Waals surface area contributed by atoms with Gasteiger partial charge in [0.1, 0.15) is 5.76 Å². The Morgan fingerprint density at radius 1 is 1.38 bits per heavy atom. The van der Waals surface area contributed by atoms with E-state index in [9.17, 15) is 0 Å². The molecule has 0 amide bonds. The van der Waals surface area contributed by atoms with E-state index in [0.717, 1.165) is 11.3 Å². The highest BCUT2D eigenvalue weighted by Gasteiger charge is 1.98. The third kappa shape index (κ3) is 2.79. The van der Waals surface area contributed by atoms with Gasteiger partial charge in [-0.05, 0) is 13.0 Å². The summed E-state index contributed by atoms with van der Waals surface area (Å²) in [5, 5.41) is 0. The van der Waals surface area contributed by atoms with Crippen LogP contribution in [0.15, 0.2) is 49.1 Å². The first-order chi connectivity index (χ1) is 6.38. The topological polar surface area (TPSA) is 9.23 Å². The Labute approximate surface area is 79.4 Å². The van der Waals surface area contributed by atoms with Crippen LogP contribution >= 0.6 is 0 Å². The summed E-state index contributed by atoms with van der Waals surface area (Å²) in [6.07, 6.45) is 3.61. The van der Waals surface area contributed by atoms with Gasteiger partial charge in [-0.2, -0.15) is 0 Å². The van der Waals surface area contributed by atoms with Crippen LogP contribution in [0.3, 0.4) is 0 Å². The van der Waals surface area contributed by atoms with Crippen molar-refractivity contribution in [2.75, 3.05) is 6.61 Å². The molecule has 68 valence electrons. The second-order valence-corrected chi connectivity index (χ2v) is 2.57. The van der Waals surface area contributed by atoms with Crippen LogP contribution in [0.5, 0.6) is 0 Å². The lowest BCUT2D eigenvalue weighted by molar-refractivity contribution is 0.298. The summed E-state index contributed by atoms with van der Waals surface area (Å²) in [7, 11) is 0. The summed E-state index contributed by atoms with van der Waals surface area (Å²) >= 11 is 0. The van der Waals surface area contributed by atoms with Crippen LogP contribution < -0.4 is 0 Å². The molecule has 0 unspecified atom stereocenters. The van der Waals surface area contributed by atoms with Gasteiger partial charge in [0.15, 0.2) is 0 Å². The van der Waals surface area contributed by atoms with Crippen LogP contribution in [0, 0.1) is 0 Å². The highest BCUT2D eigenvalue weighted by molar-refractivity contribution is 5.60. The van der Waals surface area contributed by atoms with Gasteiger partial charge in [-0.1, -0.05) is 43.0 Å². The first-order valence-electron chi connectivity index (χ1n) is 4.39. The molecule has 0 spiro atoms. The Kier molecular flexibility index (Phi) is 3.83. The summed E-state index contributed by atoms with van der Waals surface area (Å²) in [5.74, 6) is 0.873. The molecule has 1 rings (SSSR count). The van der Waals surface area contributed by atoms with Gasteiger partial charge in [0.05, 0.1) is 6.61 Å². The minimum absolute atomic E-state index is 0.675. The van der Waals surface area contributed by atoms with Crippen molar-refractivity contribution in [3.8, 4) is 0 Å². The second-order valence-electron chi connectivity index (χ2n) is 2.57. The van der Waals surface area contributed by atoms with E-state index in [-0.39, 0.29) is 0 Å². The van der Waals surface area contributed by atoms with Crippen molar-refractivity contribution in [3.05, 3.63) is 54.6 Å². The first kappa shape index (κ1) is 9.59. The smallest absolute Gasteiger partial charge is 0.126 e. The molecule has 0 aromatic heterocycles. The fourth-order valence-corrected chi connectivity index (χ4v) is 1.09. The average molecular weight is 174 g/mol. The fourth-order valence-electron chi connectivity index (χ4n) is 1.09. The number of allylic oxidation sites excluding steroid dienone is 2. The van der Waals surface area contributed by atoms with Gasteiger partial charge in [0.25, 0.3) is 0 Å². The molecule has 0 bridgehead atoms. The molecule has 13 heavy (non-hydrogen) atoms. The molecule has 1 aromatic rings. The van der Waals surface area contributed by atoms with Crippen molar-refractivity contribution < 1.29 is 4.74 Å². The van der Waals surface area contributed by atoms with E-state index in [1.54, 1.807) is 6.08 Å². The van der Waals surface area contributed by atoms with E-state index >= 15 is 0 Å². The number of benzene rings is 1. The zero-order valence-corrected chi connectivity index (χ0v) is 7.86. The lowest BCUT2D eigenvalue weighted by Crippen LogP contribution is -1.90. The highest BCUT2D eigenvalue weighted by atomic mass is 16.5. The zero-order valence-electron chi connectivity index (χ0n) is 7.86. The number of rotatable bonds is 4. The Morgan fingerprint density at radius 2 is 2.08 bits per heavy atom. The summed E-state index contributed by atoms with van der Waals surface area (Å²) in [4.78, 5) is 0. The molecule has 0 radical (unpaired) electrons. The van der Waals surface area contributed by atoms with Crippen LogP contribution in [0.2, 0.25) is 0 Å². The fraction of sp³-hybridized carbons (Fsp3) is 0.167. The van der Waals surface area contributed by atoms with Crippen molar-refractivity contribution >= 4 is 5.76 Å². The molecule has 0 fully saturated rings. The molecule has 1 heteroatoms. The van der Waals surface area contributed by atoms with E-state index in [2.05, 4.69) is 6.58 Å². The Bertz CT molecular complexity index is 285. The summed E-state index contributed by atoms with van der Waals surface area (Å²) in [5.41, 5.74) is 1.09. The maximum absolute atomic E-state index is 5.46. The molecule has 0 N–H and O–H groups in total. The molecule has 0 aliphatic heterocycles. The monoisotopic (exact) mass is 174 g/mol. The van der Waals surface area contributed by atoms with Crippen LogP contribution in [0.4, 0.5) is 0 Å². The van der Waals surface area contributed by atoms with Crippen LogP contribution in [0.25, 0.3) is 5.76 Å². The lowest BCUT2D eigenvalue weighted by atomic mass is 10.2. The van der Waals surface area contributed by atoms with Gasteiger partial charge in [-0.15, -0.1) is 0 Å². The molecule has 0 aliphatic carbocycles. The van der Waals surface area contributed by atoms with Crippen molar-refractivity contribution in [2.24, 2.45) is 0 Å². The van der Waals surface area contributed by atoms with E-state index in [1.807, 2.05) is 43.3 Å². The first-order valence-corrected chi connectivity index (χ1v) is 4.39. The molecule has 1 nitrogen and oxygen atoms in total. The molecule has 0 saturated carbocycles. The molecule has 0 saturated heterocycles. The summed E-state index contributed by atoms with van der Waals surface area (Å²) < 4.78 is 5.46. The number of hydrogen-bond acceptors (Lipinski definition) is 1. The van der Waals surface area contributed by atoms with Gasteiger partial charge >= 0.3 is 0 Å². The quantitative estimate of drug-likeness (QED) is 0.503. The SMILES string of the molecule is C=CC=C(OCC)c1ccccc1. The zero-order chi connectivity index (χ0) is 9.52. The lowest BCUT2D eigenvalue weighted by Gasteiger charge is -2.07. The highest BCUT2D eigenvalue weighted by Crippen LogP contribution is 2.14. The van der Waals surface area contributed by atoms with Crippen molar-refractivity contribution in [1.82, 2.24) is 0 Å². The van der Waals surface area contributed by atoms with Gasteiger partial charge in [0, 0.05) is 5.56 Å². The summed E-state index contributed by atoms with van der Waals surface area (Å²) in [6.45, 7) is 6.30. The van der Waals surface area contributed by atoms with Crippen LogP contribution in [-0.2, 0) is 4.74 Å².